The lowest BCUT2D eigenvalue weighted by molar-refractivity contribution is -0.116. The van der Waals surface area contributed by atoms with Gasteiger partial charge in [-0.1, -0.05) is 30.3 Å². The number of aromatic nitrogens is 1. The molecular weight excluding hydrogens is 328 g/mol. The summed E-state index contributed by atoms with van der Waals surface area (Å²) in [6, 6.07) is 17.1. The largest absolute Gasteiger partial charge is 0.497 e. The Hall–Kier alpha value is -3.34. The summed E-state index contributed by atoms with van der Waals surface area (Å²) in [5.41, 5.74) is 1.78. The minimum Gasteiger partial charge on any atom is -0.497 e. The number of pyridine rings is 1. The first kappa shape index (κ1) is 17.5. The number of para-hydroxylation sites is 1. The van der Waals surface area contributed by atoms with E-state index in [1.54, 1.807) is 25.4 Å². The number of nitrogens with one attached hydrogen (secondary N) is 1. The van der Waals surface area contributed by atoms with Crippen molar-refractivity contribution in [1.29, 1.82) is 0 Å². The lowest BCUT2D eigenvalue weighted by Crippen LogP contribution is -2.26. The second-order valence-corrected chi connectivity index (χ2v) is 5.57. The maximum atomic E-state index is 12.0. The number of rotatable bonds is 7. The van der Waals surface area contributed by atoms with Gasteiger partial charge in [0.15, 0.2) is 0 Å². The van der Waals surface area contributed by atoms with Crippen LogP contribution in [0.4, 0.5) is 0 Å². The van der Waals surface area contributed by atoms with E-state index in [1.165, 1.54) is 6.08 Å². The van der Waals surface area contributed by atoms with Crippen LogP contribution in [0.2, 0.25) is 0 Å². The molecule has 0 unspecified atom stereocenters. The molecular formula is C21H20N2O3. The molecule has 1 heterocycles. The third kappa shape index (κ3) is 4.60. The molecule has 0 aliphatic heterocycles. The van der Waals surface area contributed by atoms with Gasteiger partial charge in [-0.2, -0.15) is 0 Å². The van der Waals surface area contributed by atoms with Crippen molar-refractivity contribution in [2.75, 3.05) is 20.3 Å². The summed E-state index contributed by atoms with van der Waals surface area (Å²) in [6.45, 7) is 0.788. The van der Waals surface area contributed by atoms with Crippen molar-refractivity contribution in [3.63, 3.8) is 0 Å². The van der Waals surface area contributed by atoms with Crippen LogP contribution < -0.4 is 14.8 Å². The lowest BCUT2D eigenvalue weighted by Gasteiger charge is -2.08. The molecule has 0 aliphatic rings. The van der Waals surface area contributed by atoms with Gasteiger partial charge in [0.05, 0.1) is 19.2 Å². The molecule has 0 radical (unpaired) electrons. The molecule has 5 heteroatoms. The Kier molecular flexibility index (Phi) is 5.83. The molecule has 0 spiro atoms. The highest BCUT2D eigenvalue weighted by Gasteiger charge is 2.01. The highest BCUT2D eigenvalue weighted by molar-refractivity contribution is 5.95. The summed E-state index contributed by atoms with van der Waals surface area (Å²) in [4.78, 5) is 16.3. The van der Waals surface area contributed by atoms with Crippen LogP contribution in [0.1, 0.15) is 5.56 Å². The molecule has 2 aromatic carbocycles. The maximum Gasteiger partial charge on any atom is 0.244 e. The van der Waals surface area contributed by atoms with Gasteiger partial charge in [-0.25, -0.2) is 0 Å². The standard InChI is InChI=1S/C21H20N2O3/c1-25-18-8-3-9-19(15-18)26-14-13-22-20(24)11-10-17-6-2-5-16-7-4-12-23-21(16)17/h2-12,15H,13-14H2,1H3,(H,22,24)/b11-10+. The average Bonchev–Trinajstić information content (AvgIpc) is 2.69. The Morgan fingerprint density at radius 1 is 1.12 bits per heavy atom. The Morgan fingerprint density at radius 2 is 1.92 bits per heavy atom. The predicted molar refractivity (Wildman–Crippen MR) is 102 cm³/mol. The van der Waals surface area contributed by atoms with E-state index < -0.39 is 0 Å². The summed E-state index contributed by atoms with van der Waals surface area (Å²) in [7, 11) is 1.61. The van der Waals surface area contributed by atoms with Gasteiger partial charge in [0.25, 0.3) is 0 Å². The molecule has 0 saturated carbocycles. The molecule has 3 aromatic rings. The van der Waals surface area contributed by atoms with Crippen molar-refractivity contribution in [3.05, 3.63) is 72.4 Å². The fourth-order valence-corrected chi connectivity index (χ4v) is 2.52. The number of carbonyl (C=O) groups is 1. The topological polar surface area (TPSA) is 60.5 Å². The number of benzene rings is 2. The van der Waals surface area contributed by atoms with Gasteiger partial charge in [-0.15, -0.1) is 0 Å². The Bertz CT molecular complexity index is 917. The van der Waals surface area contributed by atoms with E-state index in [-0.39, 0.29) is 5.91 Å². The SMILES string of the molecule is COc1cccc(OCCNC(=O)/C=C/c2cccc3cccnc23)c1. The predicted octanol–water partition coefficient (Wildman–Crippen LogP) is 3.45. The Labute approximate surface area is 152 Å². The monoisotopic (exact) mass is 348 g/mol. The summed E-state index contributed by atoms with van der Waals surface area (Å²) in [5, 5.41) is 3.84. The van der Waals surface area contributed by atoms with Crippen molar-refractivity contribution < 1.29 is 14.3 Å². The Morgan fingerprint density at radius 3 is 2.81 bits per heavy atom. The smallest absolute Gasteiger partial charge is 0.244 e. The Balaban J connectivity index is 1.50. The number of nitrogens with zero attached hydrogens (tertiary/aromatic N) is 1. The van der Waals surface area contributed by atoms with Crippen LogP contribution in [0.25, 0.3) is 17.0 Å². The number of hydrogen-bond donors (Lipinski definition) is 1. The van der Waals surface area contributed by atoms with Gasteiger partial charge in [-0.05, 0) is 24.3 Å². The van der Waals surface area contributed by atoms with Crippen molar-refractivity contribution in [3.8, 4) is 11.5 Å². The fourth-order valence-electron chi connectivity index (χ4n) is 2.52. The van der Waals surface area contributed by atoms with E-state index in [0.717, 1.165) is 22.2 Å². The normalized spacial score (nSPS) is 10.8. The van der Waals surface area contributed by atoms with Crippen molar-refractivity contribution in [2.45, 2.75) is 0 Å². The molecule has 1 aromatic heterocycles. The van der Waals surface area contributed by atoms with Crippen molar-refractivity contribution >= 4 is 22.9 Å². The zero-order chi connectivity index (χ0) is 18.2. The summed E-state index contributed by atoms with van der Waals surface area (Å²) in [6.07, 6.45) is 5.03. The number of amides is 1. The number of methoxy groups -OCH3 is 1. The van der Waals surface area contributed by atoms with Crippen LogP contribution >= 0.6 is 0 Å². The summed E-state index contributed by atoms with van der Waals surface area (Å²) in [5.74, 6) is 1.27. The van der Waals surface area contributed by atoms with E-state index in [1.807, 2.05) is 48.5 Å². The second kappa shape index (κ2) is 8.67. The van der Waals surface area contributed by atoms with E-state index >= 15 is 0 Å². The number of carbonyl (C=O) groups excluding carboxylic acids is 1. The minimum absolute atomic E-state index is 0.174. The first-order valence-electron chi connectivity index (χ1n) is 8.33. The summed E-state index contributed by atoms with van der Waals surface area (Å²) < 4.78 is 10.7. The van der Waals surface area contributed by atoms with Crippen LogP contribution in [0.5, 0.6) is 11.5 Å². The number of fused-ring (bicyclic) bond motifs is 1. The van der Waals surface area contributed by atoms with Crippen LogP contribution in [0.3, 0.4) is 0 Å². The zero-order valence-electron chi connectivity index (χ0n) is 14.5. The molecule has 1 amide bonds. The highest BCUT2D eigenvalue weighted by Crippen LogP contribution is 2.18. The molecule has 0 saturated heterocycles. The third-order valence-corrected chi connectivity index (χ3v) is 3.79. The van der Waals surface area contributed by atoms with Crippen LogP contribution in [-0.2, 0) is 4.79 Å². The zero-order valence-corrected chi connectivity index (χ0v) is 14.5. The van der Waals surface area contributed by atoms with Crippen molar-refractivity contribution in [2.24, 2.45) is 0 Å². The van der Waals surface area contributed by atoms with Gasteiger partial charge < -0.3 is 14.8 Å². The fraction of sp³-hybridized carbons (Fsp3) is 0.143. The first-order chi connectivity index (χ1) is 12.8. The average molecular weight is 348 g/mol. The second-order valence-electron chi connectivity index (χ2n) is 5.57. The van der Waals surface area contributed by atoms with Gasteiger partial charge in [0, 0.05) is 29.3 Å². The van der Waals surface area contributed by atoms with E-state index in [4.69, 9.17) is 9.47 Å². The molecule has 1 N–H and O–H groups in total. The van der Waals surface area contributed by atoms with Crippen LogP contribution in [0.15, 0.2) is 66.9 Å². The molecule has 0 fully saturated rings. The third-order valence-electron chi connectivity index (χ3n) is 3.79. The number of hydrogen-bond acceptors (Lipinski definition) is 4. The molecule has 0 bridgehead atoms. The van der Waals surface area contributed by atoms with Gasteiger partial charge in [-0.3, -0.25) is 9.78 Å². The quantitative estimate of drug-likeness (QED) is 0.525. The summed E-state index contributed by atoms with van der Waals surface area (Å²) >= 11 is 0. The molecule has 0 aliphatic carbocycles. The van der Waals surface area contributed by atoms with Crippen LogP contribution in [0, 0.1) is 0 Å². The molecule has 3 rings (SSSR count). The molecule has 132 valence electrons. The van der Waals surface area contributed by atoms with Gasteiger partial charge >= 0.3 is 0 Å². The first-order valence-corrected chi connectivity index (χ1v) is 8.33. The van der Waals surface area contributed by atoms with Crippen LogP contribution in [-0.4, -0.2) is 31.2 Å². The molecule has 0 atom stereocenters. The van der Waals surface area contributed by atoms with E-state index in [0.29, 0.717) is 18.9 Å². The van der Waals surface area contributed by atoms with Crippen molar-refractivity contribution in [1.82, 2.24) is 10.3 Å². The molecule has 26 heavy (non-hydrogen) atoms. The number of ether oxygens (including phenoxy) is 2. The van der Waals surface area contributed by atoms with E-state index in [2.05, 4.69) is 10.3 Å². The maximum absolute atomic E-state index is 12.0. The van der Waals surface area contributed by atoms with Gasteiger partial charge in [0.2, 0.25) is 5.91 Å². The van der Waals surface area contributed by atoms with Gasteiger partial charge in [0.1, 0.15) is 18.1 Å². The van der Waals surface area contributed by atoms with E-state index in [9.17, 15) is 4.79 Å². The minimum atomic E-state index is -0.174. The lowest BCUT2D eigenvalue weighted by atomic mass is 10.1. The molecule has 5 nitrogen and oxygen atoms in total. The highest BCUT2D eigenvalue weighted by atomic mass is 16.5.